The first-order valence-electron chi connectivity index (χ1n) is 12.4. The van der Waals surface area contributed by atoms with Crippen LogP contribution in [0.25, 0.3) is 17.1 Å². The summed E-state index contributed by atoms with van der Waals surface area (Å²) in [6.45, 7) is 3.34. The molecule has 3 heterocycles. The van der Waals surface area contributed by atoms with Gasteiger partial charge in [-0.1, -0.05) is 77.4 Å². The lowest BCUT2D eigenvalue weighted by Crippen LogP contribution is -2.36. The fraction of sp³-hybridized carbons (Fsp3) is 0.172. The third-order valence-electron chi connectivity index (χ3n) is 6.67. The average Bonchev–Trinajstić information content (AvgIpc) is 3.60. The van der Waals surface area contributed by atoms with Gasteiger partial charge in [0, 0.05) is 29.1 Å². The zero-order valence-electron chi connectivity index (χ0n) is 21.0. The highest BCUT2D eigenvalue weighted by molar-refractivity contribution is 7.98. The summed E-state index contributed by atoms with van der Waals surface area (Å²) < 4.78 is 1.98. The highest BCUT2D eigenvalue weighted by Gasteiger charge is 2.24. The molecule has 0 spiro atoms. The van der Waals surface area contributed by atoms with Crippen molar-refractivity contribution in [3.63, 3.8) is 0 Å². The van der Waals surface area contributed by atoms with Gasteiger partial charge >= 0.3 is 0 Å². The van der Waals surface area contributed by atoms with Crippen molar-refractivity contribution in [2.45, 2.75) is 30.8 Å². The van der Waals surface area contributed by atoms with Gasteiger partial charge < -0.3 is 4.90 Å². The summed E-state index contributed by atoms with van der Waals surface area (Å²) in [6.07, 6.45) is 0.862. The number of fused-ring (bicyclic) bond motifs is 1. The minimum Gasteiger partial charge on any atom is -0.333 e. The van der Waals surface area contributed by atoms with Crippen LogP contribution in [0.4, 0.5) is 0 Å². The number of nitrogens with zero attached hydrogens (tertiary/aromatic N) is 5. The molecule has 0 unspecified atom stereocenters. The van der Waals surface area contributed by atoms with E-state index in [1.165, 1.54) is 34.2 Å². The number of rotatable bonds is 6. The number of halogens is 2. The van der Waals surface area contributed by atoms with Gasteiger partial charge in [-0.25, -0.2) is 4.98 Å². The van der Waals surface area contributed by atoms with E-state index in [1.54, 1.807) is 0 Å². The zero-order chi connectivity index (χ0) is 26.9. The maximum absolute atomic E-state index is 13.2. The zero-order valence-corrected chi connectivity index (χ0v) is 24.1. The lowest BCUT2D eigenvalue weighted by molar-refractivity contribution is 0.0729. The van der Waals surface area contributed by atoms with Crippen molar-refractivity contribution in [1.29, 1.82) is 0 Å². The van der Waals surface area contributed by atoms with E-state index >= 15 is 0 Å². The van der Waals surface area contributed by atoms with Crippen LogP contribution in [0.3, 0.4) is 0 Å². The third-order valence-corrected chi connectivity index (χ3v) is 9.21. The molecule has 0 radical (unpaired) electrons. The second-order valence-corrected chi connectivity index (χ2v) is 11.9. The fourth-order valence-corrected chi connectivity index (χ4v) is 6.77. The number of benzene rings is 3. The van der Waals surface area contributed by atoms with Crippen molar-refractivity contribution in [2.24, 2.45) is 0 Å². The largest absolute Gasteiger partial charge is 0.333 e. The molecular weight excluding hydrogens is 569 g/mol. The van der Waals surface area contributed by atoms with Crippen molar-refractivity contribution in [3.8, 4) is 17.1 Å². The highest BCUT2D eigenvalue weighted by atomic mass is 35.5. The Morgan fingerprint density at radius 1 is 1.03 bits per heavy atom. The van der Waals surface area contributed by atoms with Crippen LogP contribution in [0.15, 0.2) is 77.3 Å². The Labute approximate surface area is 244 Å². The van der Waals surface area contributed by atoms with Gasteiger partial charge in [0.25, 0.3) is 5.91 Å². The number of hydrogen-bond acceptors (Lipinski definition) is 6. The molecule has 10 heteroatoms. The number of amides is 1. The molecule has 196 valence electrons. The van der Waals surface area contributed by atoms with Gasteiger partial charge in [-0.15, -0.1) is 21.5 Å². The molecule has 0 fully saturated rings. The van der Waals surface area contributed by atoms with Crippen molar-refractivity contribution in [1.82, 2.24) is 24.6 Å². The summed E-state index contributed by atoms with van der Waals surface area (Å²) in [4.78, 5) is 19.8. The fourth-order valence-electron chi connectivity index (χ4n) is 4.65. The molecule has 1 aliphatic rings. The summed E-state index contributed by atoms with van der Waals surface area (Å²) in [5, 5.41) is 13.6. The SMILES string of the molecule is Cc1ccc(Cl)cc1-n1c(SCc2nc(C(=O)N3CCc4ccccc4C3)cs2)nnc1-c1ccccc1Cl. The highest BCUT2D eigenvalue weighted by Crippen LogP contribution is 2.35. The number of thiazole rings is 1. The van der Waals surface area contributed by atoms with E-state index < -0.39 is 0 Å². The molecule has 3 aromatic carbocycles. The summed E-state index contributed by atoms with van der Waals surface area (Å²) in [5.41, 5.74) is 5.69. The predicted octanol–water partition coefficient (Wildman–Crippen LogP) is 7.50. The van der Waals surface area contributed by atoms with Crippen molar-refractivity contribution in [2.75, 3.05) is 6.54 Å². The molecule has 5 aromatic rings. The van der Waals surface area contributed by atoms with Crippen LogP contribution in [-0.2, 0) is 18.7 Å². The van der Waals surface area contributed by atoms with E-state index in [1.807, 2.05) is 76.4 Å². The molecule has 0 bridgehead atoms. The van der Waals surface area contributed by atoms with E-state index in [9.17, 15) is 4.79 Å². The summed E-state index contributed by atoms with van der Waals surface area (Å²) in [7, 11) is 0. The van der Waals surface area contributed by atoms with Gasteiger partial charge in [0.15, 0.2) is 11.0 Å². The Morgan fingerprint density at radius 3 is 2.67 bits per heavy atom. The van der Waals surface area contributed by atoms with E-state index in [-0.39, 0.29) is 5.91 Å². The third kappa shape index (κ3) is 5.34. The van der Waals surface area contributed by atoms with Crippen LogP contribution in [0.2, 0.25) is 10.0 Å². The second-order valence-electron chi connectivity index (χ2n) is 9.21. The molecule has 0 saturated carbocycles. The molecule has 6 rings (SSSR count). The van der Waals surface area contributed by atoms with Gasteiger partial charge in [-0.2, -0.15) is 0 Å². The molecule has 39 heavy (non-hydrogen) atoms. The quantitative estimate of drug-likeness (QED) is 0.191. The normalized spacial score (nSPS) is 12.9. The van der Waals surface area contributed by atoms with Crippen molar-refractivity contribution >= 4 is 52.2 Å². The Balaban J connectivity index is 1.25. The number of hydrogen-bond donors (Lipinski definition) is 0. The monoisotopic (exact) mass is 591 g/mol. The lowest BCUT2D eigenvalue weighted by atomic mass is 10.00. The Kier molecular flexibility index (Phi) is 7.44. The number of aromatic nitrogens is 4. The van der Waals surface area contributed by atoms with Crippen molar-refractivity contribution in [3.05, 3.63) is 110 Å². The maximum atomic E-state index is 13.2. The van der Waals surface area contributed by atoms with Gasteiger partial charge in [0.05, 0.1) is 16.5 Å². The van der Waals surface area contributed by atoms with E-state index in [0.29, 0.717) is 45.6 Å². The van der Waals surface area contributed by atoms with Crippen LogP contribution in [0, 0.1) is 6.92 Å². The van der Waals surface area contributed by atoms with Crippen LogP contribution in [-0.4, -0.2) is 37.1 Å². The molecular formula is C29H23Cl2N5OS2. The summed E-state index contributed by atoms with van der Waals surface area (Å²) in [5.74, 6) is 1.14. The maximum Gasteiger partial charge on any atom is 0.273 e. The average molecular weight is 593 g/mol. The first-order chi connectivity index (χ1) is 19.0. The number of aryl methyl sites for hydroxylation is 1. The smallest absolute Gasteiger partial charge is 0.273 e. The van der Waals surface area contributed by atoms with Gasteiger partial charge in [0.2, 0.25) is 0 Å². The van der Waals surface area contributed by atoms with Crippen LogP contribution in [0.5, 0.6) is 0 Å². The molecule has 6 nitrogen and oxygen atoms in total. The number of carbonyl (C=O) groups is 1. The Bertz CT molecular complexity index is 1680. The van der Waals surface area contributed by atoms with E-state index in [4.69, 9.17) is 23.2 Å². The molecule has 0 N–H and O–H groups in total. The van der Waals surface area contributed by atoms with Crippen LogP contribution < -0.4 is 0 Å². The van der Waals surface area contributed by atoms with Gasteiger partial charge in [-0.05, 0) is 54.3 Å². The molecule has 0 aliphatic carbocycles. The van der Waals surface area contributed by atoms with Crippen LogP contribution >= 0.6 is 46.3 Å². The lowest BCUT2D eigenvalue weighted by Gasteiger charge is -2.28. The first-order valence-corrected chi connectivity index (χ1v) is 15.0. The minimum atomic E-state index is -0.0317. The molecule has 2 aromatic heterocycles. The summed E-state index contributed by atoms with van der Waals surface area (Å²) in [6, 6.07) is 21.6. The number of carbonyl (C=O) groups excluding carboxylic acids is 1. The number of thioether (sulfide) groups is 1. The standard InChI is InChI=1S/C29H23Cl2N5OS2/c1-18-10-11-21(30)14-25(18)36-27(22-8-4-5-9-23(22)31)33-34-29(36)39-17-26-32-24(16-38-26)28(37)35-13-12-19-6-2-3-7-20(19)15-35/h2-11,14,16H,12-13,15,17H2,1H3. The molecule has 0 atom stereocenters. The van der Waals surface area contributed by atoms with Crippen molar-refractivity contribution < 1.29 is 4.79 Å². The van der Waals surface area contributed by atoms with E-state index in [0.717, 1.165) is 28.2 Å². The summed E-state index contributed by atoms with van der Waals surface area (Å²) >= 11 is 15.9. The second kappa shape index (κ2) is 11.1. The Morgan fingerprint density at radius 2 is 1.82 bits per heavy atom. The Hall–Kier alpha value is -3.17. The predicted molar refractivity (Wildman–Crippen MR) is 158 cm³/mol. The van der Waals surface area contributed by atoms with Gasteiger partial charge in [0.1, 0.15) is 10.7 Å². The molecule has 1 aliphatic heterocycles. The first kappa shape index (κ1) is 26.1. The van der Waals surface area contributed by atoms with Gasteiger partial charge in [-0.3, -0.25) is 9.36 Å². The topological polar surface area (TPSA) is 63.9 Å². The van der Waals surface area contributed by atoms with E-state index in [2.05, 4.69) is 27.3 Å². The minimum absolute atomic E-state index is 0.0317. The molecule has 0 saturated heterocycles. The van der Waals surface area contributed by atoms with Crippen LogP contribution in [0.1, 0.15) is 32.2 Å². The molecule has 1 amide bonds.